The lowest BCUT2D eigenvalue weighted by Gasteiger charge is -2.34. The fourth-order valence-electron chi connectivity index (χ4n) is 2.06. The molecule has 1 N–H and O–H groups in total. The summed E-state index contributed by atoms with van der Waals surface area (Å²) in [7, 11) is 0. The van der Waals surface area contributed by atoms with E-state index in [4.69, 9.17) is 0 Å². The number of amides is 1. The number of nitrogens with one attached hydrogen (secondary N) is 1. The Morgan fingerprint density at radius 2 is 2.20 bits per heavy atom. The van der Waals surface area contributed by atoms with Gasteiger partial charge in [-0.2, -0.15) is 0 Å². The second kappa shape index (κ2) is 6.83. The Bertz CT molecular complexity index is 194. The van der Waals surface area contributed by atoms with Crippen LogP contribution in [0.25, 0.3) is 0 Å². The molecule has 1 amide bonds. The van der Waals surface area contributed by atoms with Gasteiger partial charge in [-0.3, -0.25) is 4.79 Å². The number of hydrogen-bond acceptors (Lipinski definition) is 2. The van der Waals surface area contributed by atoms with E-state index in [1.807, 2.05) is 4.90 Å². The summed E-state index contributed by atoms with van der Waals surface area (Å²) in [5.41, 5.74) is 0. The lowest BCUT2D eigenvalue weighted by Crippen LogP contribution is -2.52. The van der Waals surface area contributed by atoms with Crippen molar-refractivity contribution in [1.29, 1.82) is 0 Å². The van der Waals surface area contributed by atoms with E-state index in [-0.39, 0.29) is 0 Å². The molecular formula is C12H24N2O. The molecule has 88 valence electrons. The van der Waals surface area contributed by atoms with Crippen LogP contribution >= 0.6 is 0 Å². The van der Waals surface area contributed by atoms with Crippen molar-refractivity contribution in [3.63, 3.8) is 0 Å². The molecule has 1 heterocycles. The van der Waals surface area contributed by atoms with Gasteiger partial charge in [-0.25, -0.2) is 0 Å². The highest BCUT2D eigenvalue weighted by molar-refractivity contribution is 5.76. The number of carbonyl (C=O) groups excluding carboxylic acids is 1. The van der Waals surface area contributed by atoms with Crippen LogP contribution in [-0.4, -0.2) is 36.5 Å². The summed E-state index contributed by atoms with van der Waals surface area (Å²) in [5, 5.41) is 3.30. The van der Waals surface area contributed by atoms with Gasteiger partial charge in [-0.05, 0) is 13.3 Å². The summed E-state index contributed by atoms with van der Waals surface area (Å²) >= 11 is 0. The van der Waals surface area contributed by atoms with Crippen LogP contribution in [0.4, 0.5) is 0 Å². The van der Waals surface area contributed by atoms with Crippen molar-refractivity contribution < 1.29 is 4.79 Å². The van der Waals surface area contributed by atoms with E-state index in [0.717, 1.165) is 32.5 Å². The lowest BCUT2D eigenvalue weighted by atomic mass is 10.1. The molecule has 0 aromatic heterocycles. The average Bonchev–Trinajstić information content (AvgIpc) is 2.25. The van der Waals surface area contributed by atoms with E-state index >= 15 is 0 Å². The predicted molar refractivity (Wildman–Crippen MR) is 62.8 cm³/mol. The van der Waals surface area contributed by atoms with E-state index in [1.54, 1.807) is 0 Å². The first kappa shape index (κ1) is 12.5. The van der Waals surface area contributed by atoms with E-state index < -0.39 is 0 Å². The molecule has 1 saturated heterocycles. The molecule has 1 atom stereocenters. The number of piperazine rings is 1. The fourth-order valence-corrected chi connectivity index (χ4v) is 2.06. The molecule has 1 fully saturated rings. The van der Waals surface area contributed by atoms with Gasteiger partial charge >= 0.3 is 0 Å². The Labute approximate surface area is 93.2 Å². The normalized spacial score (nSPS) is 21.7. The summed E-state index contributed by atoms with van der Waals surface area (Å²) in [6, 6.07) is 0.373. The van der Waals surface area contributed by atoms with Gasteiger partial charge in [0.15, 0.2) is 0 Å². The lowest BCUT2D eigenvalue weighted by molar-refractivity contribution is -0.134. The minimum absolute atomic E-state index is 0.347. The van der Waals surface area contributed by atoms with Crippen molar-refractivity contribution in [3.8, 4) is 0 Å². The van der Waals surface area contributed by atoms with E-state index in [2.05, 4.69) is 19.2 Å². The maximum absolute atomic E-state index is 11.9. The Morgan fingerprint density at radius 3 is 2.87 bits per heavy atom. The van der Waals surface area contributed by atoms with Crippen LogP contribution in [0.3, 0.4) is 0 Å². The molecule has 15 heavy (non-hydrogen) atoms. The van der Waals surface area contributed by atoms with Crippen LogP contribution in [0.15, 0.2) is 0 Å². The largest absolute Gasteiger partial charge is 0.337 e. The van der Waals surface area contributed by atoms with Gasteiger partial charge in [0.1, 0.15) is 0 Å². The minimum Gasteiger partial charge on any atom is -0.337 e. The highest BCUT2D eigenvalue weighted by Gasteiger charge is 2.21. The summed E-state index contributed by atoms with van der Waals surface area (Å²) < 4.78 is 0. The molecule has 0 aromatic carbocycles. The zero-order chi connectivity index (χ0) is 11.1. The van der Waals surface area contributed by atoms with Crippen LogP contribution in [-0.2, 0) is 4.79 Å². The van der Waals surface area contributed by atoms with Gasteiger partial charge in [0, 0.05) is 32.1 Å². The Kier molecular flexibility index (Phi) is 5.69. The van der Waals surface area contributed by atoms with Crippen molar-refractivity contribution >= 4 is 5.91 Å². The number of hydrogen-bond donors (Lipinski definition) is 1. The van der Waals surface area contributed by atoms with Gasteiger partial charge in [0.2, 0.25) is 5.91 Å². The zero-order valence-corrected chi connectivity index (χ0v) is 10.1. The summed E-state index contributed by atoms with van der Waals surface area (Å²) in [6.07, 6.45) is 5.49. The van der Waals surface area contributed by atoms with Crippen LogP contribution < -0.4 is 5.32 Å². The Balaban J connectivity index is 2.20. The van der Waals surface area contributed by atoms with E-state index in [0.29, 0.717) is 11.9 Å². The van der Waals surface area contributed by atoms with Crippen LogP contribution in [0.1, 0.15) is 46.0 Å². The maximum Gasteiger partial charge on any atom is 0.222 e. The van der Waals surface area contributed by atoms with Crippen molar-refractivity contribution in [2.75, 3.05) is 19.6 Å². The first-order valence-corrected chi connectivity index (χ1v) is 6.26. The minimum atomic E-state index is 0.347. The number of rotatable bonds is 5. The molecule has 3 heteroatoms. The van der Waals surface area contributed by atoms with Gasteiger partial charge in [-0.1, -0.05) is 26.2 Å². The second-order valence-corrected chi connectivity index (χ2v) is 4.45. The fraction of sp³-hybridized carbons (Fsp3) is 0.917. The van der Waals surface area contributed by atoms with Gasteiger partial charge in [0.05, 0.1) is 0 Å². The zero-order valence-electron chi connectivity index (χ0n) is 10.1. The van der Waals surface area contributed by atoms with E-state index in [1.165, 1.54) is 19.3 Å². The highest BCUT2D eigenvalue weighted by Crippen LogP contribution is 2.09. The third kappa shape index (κ3) is 4.20. The van der Waals surface area contributed by atoms with Crippen molar-refractivity contribution in [3.05, 3.63) is 0 Å². The molecule has 0 radical (unpaired) electrons. The highest BCUT2D eigenvalue weighted by atomic mass is 16.2. The molecule has 0 aromatic rings. The topological polar surface area (TPSA) is 32.3 Å². The van der Waals surface area contributed by atoms with Gasteiger partial charge in [0.25, 0.3) is 0 Å². The molecule has 0 bridgehead atoms. The SMILES string of the molecule is CCCCCCC(=O)N1CCNCC1C. The molecule has 0 spiro atoms. The first-order valence-electron chi connectivity index (χ1n) is 6.26. The standard InChI is InChI=1S/C12H24N2O/c1-3-4-5-6-7-12(15)14-9-8-13-10-11(14)2/h11,13H,3-10H2,1-2H3. The van der Waals surface area contributed by atoms with Crippen molar-refractivity contribution in [2.24, 2.45) is 0 Å². The van der Waals surface area contributed by atoms with Crippen LogP contribution in [0.5, 0.6) is 0 Å². The Morgan fingerprint density at radius 1 is 1.40 bits per heavy atom. The summed E-state index contributed by atoms with van der Waals surface area (Å²) in [5.74, 6) is 0.347. The number of carbonyl (C=O) groups is 1. The first-order chi connectivity index (χ1) is 7.25. The molecule has 1 aliphatic heterocycles. The van der Waals surface area contributed by atoms with Gasteiger partial charge in [-0.15, -0.1) is 0 Å². The van der Waals surface area contributed by atoms with Crippen LogP contribution in [0.2, 0.25) is 0 Å². The number of unbranched alkanes of at least 4 members (excludes halogenated alkanes) is 3. The monoisotopic (exact) mass is 212 g/mol. The third-order valence-electron chi connectivity index (χ3n) is 3.07. The van der Waals surface area contributed by atoms with Crippen molar-refractivity contribution in [2.45, 2.75) is 52.0 Å². The maximum atomic E-state index is 11.9. The smallest absolute Gasteiger partial charge is 0.222 e. The summed E-state index contributed by atoms with van der Waals surface area (Å²) in [4.78, 5) is 13.9. The molecule has 3 nitrogen and oxygen atoms in total. The Hall–Kier alpha value is -0.570. The molecule has 0 saturated carbocycles. The summed E-state index contributed by atoms with van der Waals surface area (Å²) in [6.45, 7) is 7.09. The number of nitrogens with zero attached hydrogens (tertiary/aromatic N) is 1. The predicted octanol–water partition coefficient (Wildman–Crippen LogP) is 1.78. The average molecular weight is 212 g/mol. The van der Waals surface area contributed by atoms with Crippen molar-refractivity contribution in [1.82, 2.24) is 10.2 Å². The molecule has 0 aliphatic carbocycles. The molecule has 1 aliphatic rings. The third-order valence-corrected chi connectivity index (χ3v) is 3.07. The molecule has 1 unspecified atom stereocenters. The van der Waals surface area contributed by atoms with Crippen LogP contribution in [0, 0.1) is 0 Å². The van der Waals surface area contributed by atoms with Gasteiger partial charge < -0.3 is 10.2 Å². The second-order valence-electron chi connectivity index (χ2n) is 4.45. The molecular weight excluding hydrogens is 188 g/mol. The quantitative estimate of drug-likeness (QED) is 0.705. The molecule has 1 rings (SSSR count). The van der Waals surface area contributed by atoms with E-state index in [9.17, 15) is 4.79 Å².